The molecular formula is C24H26N+. The highest BCUT2D eigenvalue weighted by molar-refractivity contribution is 5.66. The molecule has 4 rings (SSSR count). The highest BCUT2D eigenvalue weighted by atomic mass is 15.0. The Hall–Kier alpha value is -2.41. The molecule has 0 N–H and O–H groups in total. The van der Waals surface area contributed by atoms with Crippen molar-refractivity contribution in [2.75, 3.05) is 0 Å². The Kier molecular flexibility index (Phi) is 4.65. The average molecular weight is 328 g/mol. The molecule has 1 aliphatic rings. The van der Waals surface area contributed by atoms with Gasteiger partial charge in [0, 0.05) is 22.8 Å². The summed E-state index contributed by atoms with van der Waals surface area (Å²) >= 11 is 0. The summed E-state index contributed by atoms with van der Waals surface area (Å²) in [4.78, 5) is 0. The summed E-state index contributed by atoms with van der Waals surface area (Å²) in [5, 5.41) is 0. The van der Waals surface area contributed by atoms with E-state index in [0.717, 1.165) is 0 Å². The predicted molar refractivity (Wildman–Crippen MR) is 104 cm³/mol. The molecule has 3 aromatic rings. The van der Waals surface area contributed by atoms with Gasteiger partial charge in [-0.05, 0) is 55.5 Å². The Morgan fingerprint density at radius 3 is 1.96 bits per heavy atom. The van der Waals surface area contributed by atoms with Crippen molar-refractivity contribution in [3.05, 3.63) is 77.9 Å². The Bertz CT molecular complexity index is 850. The van der Waals surface area contributed by atoms with E-state index in [1.54, 1.807) is 11.1 Å². The van der Waals surface area contributed by atoms with Crippen molar-refractivity contribution in [2.24, 2.45) is 7.05 Å². The zero-order chi connectivity index (χ0) is 17.1. The van der Waals surface area contributed by atoms with Crippen molar-refractivity contribution >= 4 is 0 Å². The van der Waals surface area contributed by atoms with E-state index in [2.05, 4.69) is 78.3 Å². The van der Waals surface area contributed by atoms with Crippen LogP contribution < -0.4 is 4.57 Å². The summed E-state index contributed by atoms with van der Waals surface area (Å²) in [6.45, 7) is 0. The number of fused-ring (bicyclic) bond motifs is 1. The Morgan fingerprint density at radius 2 is 1.28 bits per heavy atom. The first kappa shape index (κ1) is 16.1. The lowest BCUT2D eigenvalue weighted by Crippen LogP contribution is -2.36. The van der Waals surface area contributed by atoms with Crippen LogP contribution in [0.25, 0.3) is 22.5 Å². The van der Waals surface area contributed by atoms with Gasteiger partial charge in [0.25, 0.3) is 0 Å². The molecule has 1 heterocycles. The Morgan fingerprint density at radius 1 is 0.680 bits per heavy atom. The van der Waals surface area contributed by atoms with Crippen LogP contribution in [0.2, 0.25) is 0 Å². The van der Waals surface area contributed by atoms with Gasteiger partial charge in [0.2, 0.25) is 11.4 Å². The van der Waals surface area contributed by atoms with Gasteiger partial charge < -0.3 is 0 Å². The number of aromatic nitrogens is 1. The van der Waals surface area contributed by atoms with Gasteiger partial charge in [-0.2, -0.15) is 4.57 Å². The van der Waals surface area contributed by atoms with Gasteiger partial charge in [0.15, 0.2) is 0 Å². The third kappa shape index (κ3) is 3.24. The first-order chi connectivity index (χ1) is 12.3. The second-order valence-corrected chi connectivity index (χ2v) is 7.09. The van der Waals surface area contributed by atoms with Crippen molar-refractivity contribution in [1.29, 1.82) is 0 Å². The SMILES string of the molecule is C[n+]1c(-c2ccccc2)cc2c(c1-c1ccccc1)CCCCCC2. The third-order valence-corrected chi connectivity index (χ3v) is 5.42. The van der Waals surface area contributed by atoms with E-state index in [1.165, 1.54) is 61.0 Å². The van der Waals surface area contributed by atoms with E-state index in [4.69, 9.17) is 0 Å². The quantitative estimate of drug-likeness (QED) is 0.547. The van der Waals surface area contributed by atoms with Crippen LogP contribution in [-0.2, 0) is 19.9 Å². The van der Waals surface area contributed by atoms with Crippen LogP contribution in [0.3, 0.4) is 0 Å². The molecule has 1 heteroatoms. The molecule has 1 aliphatic carbocycles. The minimum absolute atomic E-state index is 1.20. The Balaban J connectivity index is 1.98. The number of nitrogens with zero attached hydrogens (tertiary/aromatic N) is 1. The first-order valence-corrected chi connectivity index (χ1v) is 9.50. The molecule has 0 radical (unpaired) electrons. The topological polar surface area (TPSA) is 3.88 Å². The molecular weight excluding hydrogens is 302 g/mol. The van der Waals surface area contributed by atoms with Crippen LogP contribution in [0.15, 0.2) is 66.7 Å². The maximum atomic E-state index is 2.45. The van der Waals surface area contributed by atoms with Crippen LogP contribution in [0, 0.1) is 0 Å². The fourth-order valence-corrected chi connectivity index (χ4v) is 4.15. The van der Waals surface area contributed by atoms with Crippen LogP contribution in [0.1, 0.15) is 36.8 Å². The van der Waals surface area contributed by atoms with E-state index in [0.29, 0.717) is 0 Å². The molecule has 0 saturated carbocycles. The second-order valence-electron chi connectivity index (χ2n) is 7.09. The van der Waals surface area contributed by atoms with Gasteiger partial charge in [-0.1, -0.05) is 49.2 Å². The van der Waals surface area contributed by atoms with Crippen molar-refractivity contribution < 1.29 is 4.57 Å². The zero-order valence-corrected chi connectivity index (χ0v) is 15.0. The van der Waals surface area contributed by atoms with Gasteiger partial charge in [-0.25, -0.2) is 0 Å². The number of hydrogen-bond acceptors (Lipinski definition) is 0. The van der Waals surface area contributed by atoms with Crippen LogP contribution in [0.5, 0.6) is 0 Å². The van der Waals surface area contributed by atoms with Crippen LogP contribution >= 0.6 is 0 Å². The highest BCUT2D eigenvalue weighted by Crippen LogP contribution is 2.31. The van der Waals surface area contributed by atoms with Crippen LogP contribution in [0.4, 0.5) is 0 Å². The standard InChI is InChI=1S/C24H26N/c1-25-23(19-12-7-4-8-13-19)18-21-16-6-2-3-11-17-22(21)24(25)20-14-9-5-10-15-20/h4-5,7-10,12-15,18H,2-3,6,11,16-17H2,1H3/q+1. The van der Waals surface area contributed by atoms with Crippen molar-refractivity contribution in [1.82, 2.24) is 0 Å². The Labute approximate surface area is 151 Å². The lowest BCUT2D eigenvalue weighted by molar-refractivity contribution is -0.649. The molecule has 2 aromatic carbocycles. The summed E-state index contributed by atoms with van der Waals surface area (Å²) in [5.41, 5.74) is 8.47. The van der Waals surface area contributed by atoms with Gasteiger partial charge >= 0.3 is 0 Å². The smallest absolute Gasteiger partial charge is 0.194 e. The summed E-state index contributed by atoms with van der Waals surface area (Å²) < 4.78 is 2.41. The molecule has 126 valence electrons. The van der Waals surface area contributed by atoms with Gasteiger partial charge in [-0.3, -0.25) is 0 Å². The van der Waals surface area contributed by atoms with E-state index >= 15 is 0 Å². The zero-order valence-electron chi connectivity index (χ0n) is 15.0. The lowest BCUT2D eigenvalue weighted by Gasteiger charge is -2.18. The van der Waals surface area contributed by atoms with E-state index in [9.17, 15) is 0 Å². The molecule has 0 unspecified atom stereocenters. The van der Waals surface area contributed by atoms with Gasteiger partial charge in [-0.15, -0.1) is 0 Å². The number of aryl methyl sites for hydroxylation is 1. The van der Waals surface area contributed by atoms with Crippen molar-refractivity contribution in [3.8, 4) is 22.5 Å². The number of hydrogen-bond donors (Lipinski definition) is 0. The summed E-state index contributed by atoms with van der Waals surface area (Å²) in [6.07, 6.45) is 7.73. The molecule has 25 heavy (non-hydrogen) atoms. The largest absolute Gasteiger partial charge is 0.216 e. The predicted octanol–water partition coefficient (Wildman–Crippen LogP) is 5.50. The monoisotopic (exact) mass is 328 g/mol. The normalized spacial score (nSPS) is 14.4. The molecule has 1 nitrogen and oxygen atoms in total. The number of benzene rings is 2. The molecule has 0 bridgehead atoms. The van der Waals surface area contributed by atoms with E-state index in [1.807, 2.05) is 0 Å². The minimum atomic E-state index is 1.20. The first-order valence-electron chi connectivity index (χ1n) is 9.50. The second kappa shape index (κ2) is 7.23. The number of rotatable bonds is 2. The fraction of sp³-hybridized carbons (Fsp3) is 0.292. The van der Waals surface area contributed by atoms with E-state index in [-0.39, 0.29) is 0 Å². The molecule has 0 saturated heterocycles. The summed E-state index contributed by atoms with van der Waals surface area (Å²) in [7, 11) is 2.23. The minimum Gasteiger partial charge on any atom is -0.194 e. The molecule has 0 atom stereocenters. The average Bonchev–Trinajstić information content (AvgIpc) is 2.64. The third-order valence-electron chi connectivity index (χ3n) is 5.42. The van der Waals surface area contributed by atoms with Gasteiger partial charge in [0.1, 0.15) is 7.05 Å². The lowest BCUT2D eigenvalue weighted by atomic mass is 9.89. The highest BCUT2D eigenvalue weighted by Gasteiger charge is 2.25. The summed E-state index contributed by atoms with van der Waals surface area (Å²) in [6, 6.07) is 24.2. The molecule has 0 fully saturated rings. The molecule has 0 amide bonds. The maximum absolute atomic E-state index is 2.45. The van der Waals surface area contributed by atoms with Crippen molar-refractivity contribution in [2.45, 2.75) is 38.5 Å². The fourth-order valence-electron chi connectivity index (χ4n) is 4.15. The number of pyridine rings is 1. The van der Waals surface area contributed by atoms with Gasteiger partial charge in [0.05, 0.1) is 0 Å². The summed E-state index contributed by atoms with van der Waals surface area (Å²) in [5.74, 6) is 0. The van der Waals surface area contributed by atoms with Crippen molar-refractivity contribution in [3.63, 3.8) is 0 Å². The molecule has 0 spiro atoms. The van der Waals surface area contributed by atoms with E-state index < -0.39 is 0 Å². The molecule has 1 aromatic heterocycles. The maximum Gasteiger partial charge on any atom is 0.216 e. The molecule has 0 aliphatic heterocycles. The van der Waals surface area contributed by atoms with Crippen LogP contribution in [-0.4, -0.2) is 0 Å².